The standard InChI is InChI=1S/C17H16FN3O2/c1-12-2-4-13(5-3-12)11-19-21-17(23)10-16(22)20-15-8-6-14(18)7-9-15/h2-9,11H,10H2,1H3,(H,20,22)(H,21,23). The number of carbonyl (C=O) groups excluding carboxylic acids is 2. The molecule has 0 atom stereocenters. The van der Waals surface area contributed by atoms with Gasteiger partial charge in [0.2, 0.25) is 11.8 Å². The molecule has 2 amide bonds. The molecule has 0 fully saturated rings. The van der Waals surface area contributed by atoms with Gasteiger partial charge in [0.05, 0.1) is 6.21 Å². The highest BCUT2D eigenvalue weighted by Crippen LogP contribution is 2.08. The number of nitrogens with one attached hydrogen (secondary N) is 2. The summed E-state index contributed by atoms with van der Waals surface area (Å²) < 4.78 is 12.7. The van der Waals surface area contributed by atoms with Crippen molar-refractivity contribution in [3.8, 4) is 0 Å². The van der Waals surface area contributed by atoms with Crippen LogP contribution in [0.4, 0.5) is 10.1 Å². The number of carbonyl (C=O) groups is 2. The van der Waals surface area contributed by atoms with Crippen molar-refractivity contribution in [3.63, 3.8) is 0 Å². The minimum Gasteiger partial charge on any atom is -0.326 e. The average molecular weight is 313 g/mol. The van der Waals surface area contributed by atoms with E-state index in [0.717, 1.165) is 11.1 Å². The quantitative estimate of drug-likeness (QED) is 0.506. The second-order valence-corrected chi connectivity index (χ2v) is 4.94. The SMILES string of the molecule is Cc1ccc(C=NNC(=O)CC(=O)Nc2ccc(F)cc2)cc1. The normalized spacial score (nSPS) is 10.5. The van der Waals surface area contributed by atoms with Crippen LogP contribution in [0.3, 0.4) is 0 Å². The minimum absolute atomic E-state index is 0.372. The molecule has 5 nitrogen and oxygen atoms in total. The summed E-state index contributed by atoms with van der Waals surface area (Å²) in [5, 5.41) is 6.28. The number of halogens is 1. The summed E-state index contributed by atoms with van der Waals surface area (Å²) in [6.07, 6.45) is 1.12. The molecule has 6 heteroatoms. The van der Waals surface area contributed by atoms with Crippen molar-refractivity contribution >= 4 is 23.7 Å². The lowest BCUT2D eigenvalue weighted by Crippen LogP contribution is -2.24. The first-order chi connectivity index (χ1) is 11.0. The predicted molar refractivity (Wildman–Crippen MR) is 86.6 cm³/mol. The molecule has 2 aromatic rings. The molecule has 0 unspecified atom stereocenters. The van der Waals surface area contributed by atoms with Crippen LogP contribution in [-0.2, 0) is 9.59 Å². The Bertz CT molecular complexity index is 710. The summed E-state index contributed by atoms with van der Waals surface area (Å²) >= 11 is 0. The molecule has 0 spiro atoms. The Morgan fingerprint density at radius 2 is 1.70 bits per heavy atom. The van der Waals surface area contributed by atoms with Crippen LogP contribution in [0.15, 0.2) is 53.6 Å². The van der Waals surface area contributed by atoms with Crippen LogP contribution < -0.4 is 10.7 Å². The first kappa shape index (κ1) is 16.4. The van der Waals surface area contributed by atoms with Gasteiger partial charge in [0.25, 0.3) is 0 Å². The lowest BCUT2D eigenvalue weighted by Gasteiger charge is -2.04. The Kier molecular flexibility index (Phi) is 5.57. The molecule has 0 bridgehead atoms. The zero-order chi connectivity index (χ0) is 16.7. The van der Waals surface area contributed by atoms with E-state index in [4.69, 9.17) is 0 Å². The molecular weight excluding hydrogens is 297 g/mol. The van der Waals surface area contributed by atoms with E-state index in [1.54, 1.807) is 0 Å². The van der Waals surface area contributed by atoms with Gasteiger partial charge in [-0.1, -0.05) is 29.8 Å². The summed E-state index contributed by atoms with van der Waals surface area (Å²) in [7, 11) is 0. The Hall–Kier alpha value is -3.02. The Labute approximate surface area is 133 Å². The molecule has 0 aliphatic rings. The van der Waals surface area contributed by atoms with Gasteiger partial charge in [-0.15, -0.1) is 0 Å². The van der Waals surface area contributed by atoms with E-state index in [-0.39, 0.29) is 6.42 Å². The summed E-state index contributed by atoms with van der Waals surface area (Å²) in [6.45, 7) is 1.97. The molecule has 2 rings (SSSR count). The summed E-state index contributed by atoms with van der Waals surface area (Å²) in [4.78, 5) is 23.3. The number of benzene rings is 2. The van der Waals surface area contributed by atoms with Crippen LogP contribution in [0.2, 0.25) is 0 Å². The third-order valence-electron chi connectivity index (χ3n) is 2.93. The Morgan fingerprint density at radius 1 is 1.04 bits per heavy atom. The van der Waals surface area contributed by atoms with Gasteiger partial charge in [0.1, 0.15) is 12.2 Å². The lowest BCUT2D eigenvalue weighted by atomic mass is 10.2. The van der Waals surface area contributed by atoms with Crippen molar-refractivity contribution in [3.05, 3.63) is 65.5 Å². The number of rotatable bonds is 5. The third-order valence-corrected chi connectivity index (χ3v) is 2.93. The molecule has 0 heterocycles. The first-order valence-electron chi connectivity index (χ1n) is 6.97. The number of amides is 2. The molecule has 2 aromatic carbocycles. The van der Waals surface area contributed by atoms with Gasteiger partial charge < -0.3 is 5.32 Å². The van der Waals surface area contributed by atoms with Gasteiger partial charge >= 0.3 is 0 Å². The van der Waals surface area contributed by atoms with E-state index in [1.165, 1.54) is 30.5 Å². The Balaban J connectivity index is 1.78. The molecule has 0 saturated heterocycles. The van der Waals surface area contributed by atoms with E-state index in [2.05, 4.69) is 15.8 Å². The average Bonchev–Trinajstić information content (AvgIpc) is 2.51. The maximum atomic E-state index is 12.7. The van der Waals surface area contributed by atoms with E-state index < -0.39 is 17.6 Å². The second-order valence-electron chi connectivity index (χ2n) is 4.94. The minimum atomic E-state index is -0.534. The summed E-state index contributed by atoms with van der Waals surface area (Å²) in [5.74, 6) is -1.43. The fraction of sp³-hybridized carbons (Fsp3) is 0.118. The fourth-order valence-corrected chi connectivity index (χ4v) is 1.76. The number of anilines is 1. The number of hydrogen-bond acceptors (Lipinski definition) is 3. The topological polar surface area (TPSA) is 70.6 Å². The van der Waals surface area contributed by atoms with E-state index in [1.807, 2.05) is 31.2 Å². The molecule has 0 radical (unpaired) electrons. The van der Waals surface area contributed by atoms with Gasteiger partial charge in [-0.3, -0.25) is 9.59 Å². The van der Waals surface area contributed by atoms with Crippen LogP contribution in [0.25, 0.3) is 0 Å². The molecule has 0 saturated carbocycles. The van der Waals surface area contributed by atoms with Crippen molar-refractivity contribution in [2.45, 2.75) is 13.3 Å². The van der Waals surface area contributed by atoms with Crippen LogP contribution in [0.5, 0.6) is 0 Å². The van der Waals surface area contributed by atoms with Crippen LogP contribution in [-0.4, -0.2) is 18.0 Å². The van der Waals surface area contributed by atoms with Crippen molar-refractivity contribution in [1.29, 1.82) is 0 Å². The molecule has 23 heavy (non-hydrogen) atoms. The highest BCUT2D eigenvalue weighted by molar-refractivity contribution is 6.03. The zero-order valence-corrected chi connectivity index (χ0v) is 12.5. The van der Waals surface area contributed by atoms with Gasteiger partial charge in [0, 0.05) is 5.69 Å². The first-order valence-corrected chi connectivity index (χ1v) is 6.97. The smallest absolute Gasteiger partial charge is 0.249 e. The van der Waals surface area contributed by atoms with Gasteiger partial charge in [-0.25, -0.2) is 9.82 Å². The number of nitrogens with zero attached hydrogens (tertiary/aromatic N) is 1. The summed E-state index contributed by atoms with van der Waals surface area (Å²) in [6, 6.07) is 12.9. The van der Waals surface area contributed by atoms with Gasteiger partial charge in [0.15, 0.2) is 0 Å². The molecule has 0 aliphatic carbocycles. The fourth-order valence-electron chi connectivity index (χ4n) is 1.76. The van der Waals surface area contributed by atoms with Crippen LogP contribution >= 0.6 is 0 Å². The zero-order valence-electron chi connectivity index (χ0n) is 12.5. The van der Waals surface area contributed by atoms with Crippen molar-refractivity contribution in [2.24, 2.45) is 5.10 Å². The molecule has 0 aliphatic heterocycles. The Morgan fingerprint density at radius 3 is 2.35 bits per heavy atom. The van der Waals surface area contributed by atoms with Crippen molar-refractivity contribution < 1.29 is 14.0 Å². The maximum Gasteiger partial charge on any atom is 0.249 e. The van der Waals surface area contributed by atoms with Crippen LogP contribution in [0.1, 0.15) is 17.5 Å². The molecule has 118 valence electrons. The molecule has 0 aromatic heterocycles. The highest BCUT2D eigenvalue weighted by atomic mass is 19.1. The number of hydrogen-bond donors (Lipinski definition) is 2. The third kappa shape index (κ3) is 5.70. The van der Waals surface area contributed by atoms with E-state index >= 15 is 0 Å². The monoisotopic (exact) mass is 313 g/mol. The largest absolute Gasteiger partial charge is 0.326 e. The lowest BCUT2D eigenvalue weighted by molar-refractivity contribution is -0.126. The number of aryl methyl sites for hydroxylation is 1. The van der Waals surface area contributed by atoms with Crippen molar-refractivity contribution in [1.82, 2.24) is 5.43 Å². The summed E-state index contributed by atoms with van der Waals surface area (Å²) in [5.41, 5.74) is 4.67. The molecule has 2 N–H and O–H groups in total. The van der Waals surface area contributed by atoms with E-state index in [0.29, 0.717) is 5.69 Å². The van der Waals surface area contributed by atoms with Crippen LogP contribution in [0, 0.1) is 12.7 Å². The van der Waals surface area contributed by atoms with Crippen molar-refractivity contribution in [2.75, 3.05) is 5.32 Å². The van der Waals surface area contributed by atoms with Gasteiger partial charge in [-0.2, -0.15) is 5.10 Å². The van der Waals surface area contributed by atoms with Gasteiger partial charge in [-0.05, 0) is 36.8 Å². The molecular formula is C17H16FN3O2. The predicted octanol–water partition coefficient (Wildman–Crippen LogP) is 2.61. The van der Waals surface area contributed by atoms with E-state index in [9.17, 15) is 14.0 Å². The highest BCUT2D eigenvalue weighted by Gasteiger charge is 2.08. The number of hydrazone groups is 1. The second kappa shape index (κ2) is 7.84. The maximum absolute atomic E-state index is 12.7.